The Morgan fingerprint density at radius 2 is 1.42 bits per heavy atom. The van der Waals surface area contributed by atoms with Crippen LogP contribution in [-0.2, 0) is 33.4 Å². The lowest BCUT2D eigenvalue weighted by molar-refractivity contribution is -0.902. The number of carboxylic acid groups (broad SMARTS) is 3. The highest BCUT2D eigenvalue weighted by Crippen LogP contribution is 2.09. The van der Waals surface area contributed by atoms with Gasteiger partial charge >= 0.3 is 17.9 Å². The van der Waals surface area contributed by atoms with Crippen molar-refractivity contribution in [2.24, 2.45) is 0 Å². The lowest BCUT2D eigenvalue weighted by atomic mass is 10.3. The number of cyclic esters (lactones) is 2. The van der Waals surface area contributed by atoms with Crippen molar-refractivity contribution in [1.29, 1.82) is 0 Å². The van der Waals surface area contributed by atoms with Gasteiger partial charge in [-0.1, -0.05) is 0 Å². The Labute approximate surface area is 136 Å². The SMILES string of the molecule is CC(=O)O.N.O=C([O-])C[N+]1(CC(=O)O)CC(=O)OCCOC(=O)C1. The smallest absolute Gasteiger partial charge is 0.361 e. The van der Waals surface area contributed by atoms with Crippen molar-refractivity contribution in [3.63, 3.8) is 0 Å². The Kier molecular flexibility index (Phi) is 10.7. The highest BCUT2D eigenvalue weighted by Gasteiger charge is 2.38. The maximum Gasteiger partial charge on any atom is 0.361 e. The largest absolute Gasteiger partial charge is 0.544 e. The molecule has 0 aliphatic carbocycles. The second-order valence-corrected chi connectivity index (χ2v) is 4.70. The van der Waals surface area contributed by atoms with E-state index in [4.69, 9.17) is 24.5 Å². The van der Waals surface area contributed by atoms with Crippen LogP contribution in [0.5, 0.6) is 0 Å². The Balaban J connectivity index is 0. The third-order valence-electron chi connectivity index (χ3n) is 2.47. The summed E-state index contributed by atoms with van der Waals surface area (Å²) in [5.41, 5.74) is 0. The molecular weight excluding hydrogens is 332 g/mol. The first kappa shape index (κ1) is 23.5. The van der Waals surface area contributed by atoms with Gasteiger partial charge < -0.3 is 35.7 Å². The molecule has 0 aromatic rings. The molecule has 12 heteroatoms. The number of aliphatic carboxylic acids is 3. The number of hydrogen-bond donors (Lipinski definition) is 3. The normalized spacial score (nSPS) is 16.4. The van der Waals surface area contributed by atoms with E-state index < -0.39 is 60.5 Å². The van der Waals surface area contributed by atoms with Gasteiger partial charge in [0.2, 0.25) is 0 Å². The molecule has 1 saturated heterocycles. The van der Waals surface area contributed by atoms with Crippen LogP contribution in [0.4, 0.5) is 0 Å². The zero-order valence-corrected chi connectivity index (χ0v) is 13.1. The van der Waals surface area contributed by atoms with Gasteiger partial charge in [0.05, 0.1) is 5.97 Å². The minimum absolute atomic E-state index is 0. The van der Waals surface area contributed by atoms with Crippen LogP contribution in [0.2, 0.25) is 0 Å². The number of quaternary nitrogens is 1. The second kappa shape index (κ2) is 10.9. The van der Waals surface area contributed by atoms with Crippen LogP contribution < -0.4 is 11.3 Å². The lowest BCUT2D eigenvalue weighted by Gasteiger charge is -2.34. The summed E-state index contributed by atoms with van der Waals surface area (Å²) in [5.74, 6) is -5.33. The Hall–Kier alpha value is -2.73. The maximum absolute atomic E-state index is 11.5. The van der Waals surface area contributed by atoms with Crippen LogP contribution >= 0.6 is 0 Å². The summed E-state index contributed by atoms with van der Waals surface area (Å²) >= 11 is 0. The number of carbonyl (C=O) groups is 5. The van der Waals surface area contributed by atoms with Crippen LogP contribution in [-0.4, -0.2) is 83.9 Å². The molecule has 1 aliphatic heterocycles. The van der Waals surface area contributed by atoms with Crippen molar-refractivity contribution < 1.29 is 53.2 Å². The summed E-state index contributed by atoms with van der Waals surface area (Å²) in [4.78, 5) is 53.5. The van der Waals surface area contributed by atoms with Crippen LogP contribution in [0.1, 0.15) is 6.92 Å². The van der Waals surface area contributed by atoms with Crippen molar-refractivity contribution in [1.82, 2.24) is 6.15 Å². The third kappa shape index (κ3) is 10.9. The fourth-order valence-electron chi connectivity index (χ4n) is 1.85. The van der Waals surface area contributed by atoms with Gasteiger partial charge in [-0.3, -0.25) is 9.28 Å². The van der Waals surface area contributed by atoms with E-state index in [1.807, 2.05) is 0 Å². The van der Waals surface area contributed by atoms with E-state index in [0.717, 1.165) is 6.92 Å². The number of hydrogen-bond acceptors (Lipinski definition) is 9. The minimum atomic E-state index is -1.57. The highest BCUT2D eigenvalue weighted by atomic mass is 16.6. The first-order valence-corrected chi connectivity index (χ1v) is 6.34. The van der Waals surface area contributed by atoms with Gasteiger partial charge in [0, 0.05) is 6.92 Å². The van der Waals surface area contributed by atoms with Gasteiger partial charge in [-0.2, -0.15) is 0 Å². The molecule has 0 aromatic heterocycles. The molecule has 5 N–H and O–H groups in total. The molecule has 138 valence electrons. The molecule has 0 spiro atoms. The molecule has 1 aliphatic rings. The molecule has 0 bridgehead atoms. The molecular formula is C12H20N2O10. The number of carboxylic acids is 3. The summed E-state index contributed by atoms with van der Waals surface area (Å²) in [5, 5.41) is 27.0. The molecule has 1 fully saturated rings. The number of rotatable bonds is 4. The average molecular weight is 352 g/mol. The van der Waals surface area contributed by atoms with Gasteiger partial charge in [-0.05, 0) is 0 Å². The summed E-state index contributed by atoms with van der Waals surface area (Å²) < 4.78 is 8.56. The first-order chi connectivity index (χ1) is 10.6. The molecule has 0 atom stereocenters. The Morgan fingerprint density at radius 1 is 1.04 bits per heavy atom. The molecule has 1 heterocycles. The van der Waals surface area contributed by atoms with E-state index in [-0.39, 0.29) is 19.4 Å². The van der Waals surface area contributed by atoms with E-state index in [9.17, 15) is 24.3 Å². The van der Waals surface area contributed by atoms with E-state index in [1.165, 1.54) is 0 Å². The molecule has 24 heavy (non-hydrogen) atoms. The van der Waals surface area contributed by atoms with Gasteiger partial charge in [-0.25, -0.2) is 14.4 Å². The van der Waals surface area contributed by atoms with E-state index in [1.54, 1.807) is 0 Å². The molecule has 0 aromatic carbocycles. The van der Waals surface area contributed by atoms with Crippen molar-refractivity contribution in [3.8, 4) is 0 Å². The summed E-state index contributed by atoms with van der Waals surface area (Å²) in [6.07, 6.45) is 0. The van der Waals surface area contributed by atoms with E-state index in [2.05, 4.69) is 0 Å². The predicted molar refractivity (Wildman–Crippen MR) is 72.6 cm³/mol. The zero-order valence-electron chi connectivity index (χ0n) is 13.1. The average Bonchev–Trinajstić information content (AvgIpc) is 2.36. The fourth-order valence-corrected chi connectivity index (χ4v) is 1.85. The zero-order chi connectivity index (χ0) is 18.0. The van der Waals surface area contributed by atoms with E-state index in [0.29, 0.717) is 0 Å². The monoisotopic (exact) mass is 352 g/mol. The minimum Gasteiger partial charge on any atom is -0.544 e. The summed E-state index contributed by atoms with van der Waals surface area (Å²) in [7, 11) is 0. The molecule has 12 nitrogen and oxygen atoms in total. The Morgan fingerprint density at radius 3 is 1.71 bits per heavy atom. The molecule has 0 amide bonds. The summed E-state index contributed by atoms with van der Waals surface area (Å²) in [6, 6.07) is 0. The van der Waals surface area contributed by atoms with Gasteiger partial charge in [-0.15, -0.1) is 0 Å². The van der Waals surface area contributed by atoms with Gasteiger partial charge in [0.1, 0.15) is 19.8 Å². The summed E-state index contributed by atoms with van der Waals surface area (Å²) in [6.45, 7) is -1.83. The molecule has 1 rings (SSSR count). The molecule has 0 saturated carbocycles. The fraction of sp³-hybridized carbons (Fsp3) is 0.583. The van der Waals surface area contributed by atoms with Crippen LogP contribution in [0, 0.1) is 0 Å². The number of nitrogens with zero attached hydrogens (tertiary/aromatic N) is 1. The van der Waals surface area contributed by atoms with Crippen LogP contribution in [0.25, 0.3) is 0 Å². The third-order valence-corrected chi connectivity index (χ3v) is 2.47. The first-order valence-electron chi connectivity index (χ1n) is 6.34. The van der Waals surface area contributed by atoms with Crippen LogP contribution in [0.15, 0.2) is 0 Å². The van der Waals surface area contributed by atoms with Crippen molar-refractivity contribution in [3.05, 3.63) is 0 Å². The number of esters is 2. The standard InChI is InChI=1S/C10H13NO8.C2H4O2.H3N/c12-7(13)3-11(4-8(14)15)5-9(16)18-1-2-19-10(17)6-11;1-2(3)4;/h1-6H2,(H-,12,13,14,15);1H3,(H,3,4);1H3. The topological polar surface area (TPSA) is 202 Å². The maximum atomic E-state index is 11.5. The van der Waals surface area contributed by atoms with Gasteiger partial charge in [0.25, 0.3) is 5.97 Å². The number of ether oxygens (including phenoxy) is 2. The predicted octanol–water partition coefficient (Wildman–Crippen LogP) is -3.01. The molecule has 0 radical (unpaired) electrons. The van der Waals surface area contributed by atoms with E-state index >= 15 is 0 Å². The highest BCUT2D eigenvalue weighted by molar-refractivity contribution is 5.76. The lowest BCUT2D eigenvalue weighted by Crippen LogP contribution is -2.60. The van der Waals surface area contributed by atoms with Crippen molar-refractivity contribution >= 4 is 29.8 Å². The van der Waals surface area contributed by atoms with Crippen LogP contribution in [0.3, 0.4) is 0 Å². The second-order valence-electron chi connectivity index (χ2n) is 4.70. The number of carbonyl (C=O) groups excluding carboxylic acids is 3. The van der Waals surface area contributed by atoms with Crippen molar-refractivity contribution in [2.75, 3.05) is 39.4 Å². The van der Waals surface area contributed by atoms with Crippen molar-refractivity contribution in [2.45, 2.75) is 6.92 Å². The molecule has 0 unspecified atom stereocenters. The quantitative estimate of drug-likeness (QED) is 0.343. The van der Waals surface area contributed by atoms with Gasteiger partial charge in [0.15, 0.2) is 19.6 Å². The Bertz CT molecular complexity index is 448.